The standard InChI is InChI=1S/C34H43Cl2N3O6/c1-34(2,3)45-33(44)37-24-20-29-32(43)38(18-17-25(39(29)21-24)12-9-22-7-5-4-6-8-22)28(14-16-31(41)42)30(40)15-11-23-10-13-26(35)27(36)19-23/h4-8,10,13,19,24-25,28-29H,9,11-12,14-18,20-21H2,1-3H3,(H,37,44)(H,41,42)/t24-,25?,28-,29+/m1/s1. The Kier molecular flexibility index (Phi) is 11.9. The number of nitrogens with one attached hydrogen (secondary N) is 1. The van der Waals surface area contributed by atoms with Gasteiger partial charge in [0.25, 0.3) is 0 Å². The van der Waals surface area contributed by atoms with Crippen LogP contribution in [0.3, 0.4) is 0 Å². The molecule has 4 atom stereocenters. The molecule has 0 aliphatic carbocycles. The van der Waals surface area contributed by atoms with Crippen molar-refractivity contribution in [2.24, 2.45) is 0 Å². The van der Waals surface area contributed by atoms with Gasteiger partial charge in [-0.05, 0) is 82.6 Å². The number of benzene rings is 2. The van der Waals surface area contributed by atoms with Crippen molar-refractivity contribution in [1.82, 2.24) is 15.1 Å². The van der Waals surface area contributed by atoms with Gasteiger partial charge >= 0.3 is 12.1 Å². The number of hydrogen-bond acceptors (Lipinski definition) is 6. The average Bonchev–Trinajstić information content (AvgIpc) is 3.33. The lowest BCUT2D eigenvalue weighted by Crippen LogP contribution is -2.50. The van der Waals surface area contributed by atoms with Crippen molar-refractivity contribution in [3.63, 3.8) is 0 Å². The molecule has 2 aliphatic heterocycles. The number of aliphatic carboxylic acids is 1. The Bertz CT molecular complexity index is 1370. The molecular weight excluding hydrogens is 617 g/mol. The van der Waals surface area contributed by atoms with E-state index in [1.807, 2.05) is 18.2 Å². The van der Waals surface area contributed by atoms with E-state index < -0.39 is 29.7 Å². The number of alkyl carbamates (subject to hydrolysis) is 1. The molecule has 0 radical (unpaired) electrons. The number of aryl methyl sites for hydroxylation is 2. The van der Waals surface area contributed by atoms with Crippen molar-refractivity contribution in [2.75, 3.05) is 13.1 Å². The van der Waals surface area contributed by atoms with E-state index in [1.165, 1.54) is 5.56 Å². The molecule has 0 aromatic heterocycles. The molecule has 2 aliphatic rings. The lowest BCUT2D eigenvalue weighted by Gasteiger charge is -2.32. The summed E-state index contributed by atoms with van der Waals surface area (Å²) >= 11 is 12.2. The molecule has 2 saturated heterocycles. The van der Waals surface area contributed by atoms with Crippen molar-refractivity contribution in [1.29, 1.82) is 0 Å². The summed E-state index contributed by atoms with van der Waals surface area (Å²) in [5.74, 6) is -1.42. The van der Waals surface area contributed by atoms with Gasteiger partial charge in [-0.3, -0.25) is 19.3 Å². The quantitative estimate of drug-likeness (QED) is 0.290. The average molecular weight is 661 g/mol. The van der Waals surface area contributed by atoms with Crippen molar-refractivity contribution in [3.8, 4) is 0 Å². The van der Waals surface area contributed by atoms with Crippen LogP contribution in [-0.4, -0.2) is 81.5 Å². The number of rotatable bonds is 12. The summed E-state index contributed by atoms with van der Waals surface area (Å²) in [6.07, 6.45) is 2.39. The van der Waals surface area contributed by atoms with Gasteiger partial charge in [0.1, 0.15) is 5.60 Å². The number of hydrogen-bond donors (Lipinski definition) is 2. The van der Waals surface area contributed by atoms with Crippen LogP contribution >= 0.6 is 23.2 Å². The van der Waals surface area contributed by atoms with Crippen molar-refractivity contribution in [2.45, 2.75) is 102 Å². The summed E-state index contributed by atoms with van der Waals surface area (Å²) in [6, 6.07) is 13.6. The number of halogens is 2. The highest BCUT2D eigenvalue weighted by Gasteiger charge is 2.46. The Labute approximate surface area is 275 Å². The van der Waals surface area contributed by atoms with Crippen LogP contribution in [0.1, 0.15) is 70.4 Å². The highest BCUT2D eigenvalue weighted by atomic mass is 35.5. The first-order valence-electron chi connectivity index (χ1n) is 15.6. The first-order valence-corrected chi connectivity index (χ1v) is 16.3. The topological polar surface area (TPSA) is 116 Å². The molecule has 2 heterocycles. The van der Waals surface area contributed by atoms with Crippen LogP contribution in [0, 0.1) is 0 Å². The molecule has 244 valence electrons. The van der Waals surface area contributed by atoms with Gasteiger partial charge in [0.05, 0.1) is 22.1 Å². The summed E-state index contributed by atoms with van der Waals surface area (Å²) in [4.78, 5) is 56.0. The van der Waals surface area contributed by atoms with Crippen LogP contribution in [0.4, 0.5) is 4.79 Å². The number of Topliss-reactive ketones (excluding diaryl/α,β-unsaturated/α-hetero) is 1. The zero-order chi connectivity index (χ0) is 32.7. The van der Waals surface area contributed by atoms with Gasteiger partial charge in [0.2, 0.25) is 5.91 Å². The fourth-order valence-electron chi connectivity index (χ4n) is 6.32. The van der Waals surface area contributed by atoms with Crippen LogP contribution < -0.4 is 5.32 Å². The van der Waals surface area contributed by atoms with Crippen LogP contribution in [-0.2, 0) is 32.0 Å². The van der Waals surface area contributed by atoms with Crippen LogP contribution in [0.15, 0.2) is 48.5 Å². The van der Waals surface area contributed by atoms with Gasteiger partial charge in [-0.1, -0.05) is 59.6 Å². The molecule has 2 aromatic rings. The minimum atomic E-state index is -1.02. The van der Waals surface area contributed by atoms with Crippen LogP contribution in [0.5, 0.6) is 0 Å². The van der Waals surface area contributed by atoms with E-state index >= 15 is 0 Å². The molecule has 0 bridgehead atoms. The lowest BCUT2D eigenvalue weighted by molar-refractivity contribution is -0.144. The Morgan fingerprint density at radius 2 is 1.76 bits per heavy atom. The van der Waals surface area contributed by atoms with E-state index in [0.29, 0.717) is 42.4 Å². The third-order valence-electron chi connectivity index (χ3n) is 8.43. The normalized spacial score (nSPS) is 21.1. The van der Waals surface area contributed by atoms with Crippen LogP contribution in [0.2, 0.25) is 10.0 Å². The largest absolute Gasteiger partial charge is 0.481 e. The third kappa shape index (κ3) is 9.92. The molecule has 0 saturated carbocycles. The number of carboxylic acids is 1. The Morgan fingerprint density at radius 3 is 2.42 bits per heavy atom. The molecule has 2 fully saturated rings. The summed E-state index contributed by atoms with van der Waals surface area (Å²) in [6.45, 7) is 6.22. The zero-order valence-electron chi connectivity index (χ0n) is 26.1. The number of ether oxygens (including phenoxy) is 1. The second-order valence-electron chi connectivity index (χ2n) is 13.0. The van der Waals surface area contributed by atoms with E-state index in [4.69, 9.17) is 27.9 Å². The number of carbonyl (C=O) groups is 4. The van der Waals surface area contributed by atoms with E-state index in [9.17, 15) is 24.3 Å². The van der Waals surface area contributed by atoms with Gasteiger partial charge in [-0.15, -0.1) is 0 Å². The first kappa shape index (κ1) is 34.7. The number of carboxylic acid groups (broad SMARTS) is 1. The molecule has 2 N–H and O–H groups in total. The van der Waals surface area contributed by atoms with E-state index in [2.05, 4.69) is 22.3 Å². The summed E-state index contributed by atoms with van der Waals surface area (Å²) < 4.78 is 5.48. The molecule has 0 spiro atoms. The van der Waals surface area contributed by atoms with E-state index in [-0.39, 0.29) is 43.0 Å². The highest BCUT2D eigenvalue weighted by Crippen LogP contribution is 2.32. The maximum Gasteiger partial charge on any atom is 0.407 e. The molecule has 11 heteroatoms. The summed E-state index contributed by atoms with van der Waals surface area (Å²) in [7, 11) is 0. The maximum absolute atomic E-state index is 14.3. The molecule has 2 amide bonds. The van der Waals surface area contributed by atoms with Crippen molar-refractivity contribution in [3.05, 3.63) is 69.7 Å². The minimum absolute atomic E-state index is 0.0287. The number of carbonyl (C=O) groups excluding carboxylic acids is 3. The molecule has 4 rings (SSSR count). The first-order chi connectivity index (χ1) is 21.3. The van der Waals surface area contributed by atoms with Crippen molar-refractivity contribution < 1.29 is 29.0 Å². The van der Waals surface area contributed by atoms with Crippen molar-refractivity contribution >= 4 is 47.0 Å². The lowest BCUT2D eigenvalue weighted by atomic mass is 9.97. The van der Waals surface area contributed by atoms with Gasteiger partial charge in [0, 0.05) is 38.0 Å². The van der Waals surface area contributed by atoms with E-state index in [1.54, 1.807) is 43.9 Å². The Morgan fingerprint density at radius 1 is 1.02 bits per heavy atom. The fourth-order valence-corrected chi connectivity index (χ4v) is 6.64. The SMILES string of the molecule is CC(C)(C)OC(=O)N[C@@H]1C[C@H]2C(=O)N([C@H](CCC(=O)O)C(=O)CCc3ccc(Cl)c(Cl)c3)CCC(CCc3ccccc3)N2C1. The van der Waals surface area contributed by atoms with Gasteiger partial charge in [-0.2, -0.15) is 0 Å². The fraction of sp³-hybridized carbons (Fsp3) is 0.529. The van der Waals surface area contributed by atoms with Gasteiger partial charge in [0.15, 0.2) is 5.78 Å². The Balaban J connectivity index is 1.55. The smallest absolute Gasteiger partial charge is 0.407 e. The number of ketones is 1. The summed E-state index contributed by atoms with van der Waals surface area (Å²) in [5, 5.41) is 13.3. The van der Waals surface area contributed by atoms with E-state index in [0.717, 1.165) is 18.4 Å². The number of nitrogens with zero attached hydrogens (tertiary/aromatic N) is 2. The predicted octanol–water partition coefficient (Wildman–Crippen LogP) is 5.93. The second kappa shape index (κ2) is 15.4. The zero-order valence-corrected chi connectivity index (χ0v) is 27.6. The van der Waals surface area contributed by atoms with Crippen LogP contribution in [0.25, 0.3) is 0 Å². The maximum atomic E-state index is 14.3. The molecule has 45 heavy (non-hydrogen) atoms. The highest BCUT2D eigenvalue weighted by molar-refractivity contribution is 6.42. The minimum Gasteiger partial charge on any atom is -0.481 e. The summed E-state index contributed by atoms with van der Waals surface area (Å²) in [5.41, 5.74) is 1.37. The predicted molar refractivity (Wildman–Crippen MR) is 174 cm³/mol. The molecular formula is C34H43Cl2N3O6. The Hall–Kier alpha value is -3.14. The van der Waals surface area contributed by atoms with Gasteiger partial charge in [-0.25, -0.2) is 4.79 Å². The third-order valence-corrected chi connectivity index (χ3v) is 9.17. The number of fused-ring (bicyclic) bond motifs is 1. The van der Waals surface area contributed by atoms with Gasteiger partial charge < -0.3 is 20.1 Å². The number of amides is 2. The monoisotopic (exact) mass is 659 g/mol. The molecule has 9 nitrogen and oxygen atoms in total. The molecule has 2 aromatic carbocycles. The molecule has 1 unspecified atom stereocenters. The second-order valence-corrected chi connectivity index (χ2v) is 13.8.